The average molecular weight is 517 g/mol. The number of ether oxygens (including phenoxy) is 2. The first-order valence-corrected chi connectivity index (χ1v) is 12.7. The molecule has 38 heavy (non-hydrogen) atoms. The lowest BCUT2D eigenvalue weighted by Gasteiger charge is -2.30. The highest BCUT2D eigenvalue weighted by Gasteiger charge is 2.64. The maximum atomic E-state index is 14.0. The minimum atomic E-state index is -1.20. The summed E-state index contributed by atoms with van der Waals surface area (Å²) < 4.78 is 13.1. The number of nitrogens with one attached hydrogen (secondary N) is 1. The number of carbonyl (C=O) groups is 3. The Morgan fingerprint density at radius 3 is 2.58 bits per heavy atom. The van der Waals surface area contributed by atoms with Crippen LogP contribution in [0.3, 0.4) is 0 Å². The van der Waals surface area contributed by atoms with E-state index in [1.165, 1.54) is 11.5 Å². The van der Waals surface area contributed by atoms with Gasteiger partial charge in [0.25, 0.3) is 5.56 Å². The molecule has 1 amide bonds. The monoisotopic (exact) mass is 516 g/mol. The molecule has 0 aliphatic carbocycles. The van der Waals surface area contributed by atoms with E-state index >= 15 is 0 Å². The van der Waals surface area contributed by atoms with Gasteiger partial charge in [0.1, 0.15) is 12.2 Å². The molecule has 6 rings (SSSR count). The van der Waals surface area contributed by atoms with E-state index in [0.717, 1.165) is 0 Å². The molecule has 2 saturated heterocycles. The average Bonchev–Trinajstić information content (AvgIpc) is 3.47. The van der Waals surface area contributed by atoms with Crippen molar-refractivity contribution in [2.45, 2.75) is 64.1 Å². The summed E-state index contributed by atoms with van der Waals surface area (Å²) in [5.41, 5.74) is 0.205. The minimum absolute atomic E-state index is 0.0921. The van der Waals surface area contributed by atoms with Crippen LogP contribution >= 0.6 is 0 Å². The van der Waals surface area contributed by atoms with E-state index in [-0.39, 0.29) is 24.1 Å². The zero-order valence-electron chi connectivity index (χ0n) is 21.5. The normalized spacial score (nSPS) is 26.7. The molecule has 10 heteroatoms. The molecule has 0 saturated carbocycles. The predicted molar refractivity (Wildman–Crippen MR) is 137 cm³/mol. The maximum Gasteiger partial charge on any atom is 0.330 e. The van der Waals surface area contributed by atoms with Gasteiger partial charge in [0.15, 0.2) is 17.5 Å². The van der Waals surface area contributed by atoms with Crippen LogP contribution in [0.15, 0.2) is 53.3 Å². The zero-order valence-corrected chi connectivity index (χ0v) is 21.5. The molecule has 0 radical (unpaired) electrons. The van der Waals surface area contributed by atoms with E-state index in [1.54, 1.807) is 36.1 Å². The number of nitrogens with zero attached hydrogens (tertiary/aromatic N) is 3. The Labute approximate surface area is 218 Å². The highest BCUT2D eigenvalue weighted by atomic mass is 16.6. The fraction of sp³-hybridized carbons (Fsp3) is 0.393. The molecule has 3 aliphatic rings. The van der Waals surface area contributed by atoms with Crippen LogP contribution in [-0.4, -0.2) is 39.6 Å². The third-order valence-corrected chi connectivity index (χ3v) is 7.69. The Kier molecular flexibility index (Phi) is 5.43. The number of hydrogen-bond acceptors (Lipinski definition) is 8. The molecular weight excluding hydrogens is 488 g/mol. The molecule has 2 aromatic carbocycles. The molecule has 3 aliphatic heterocycles. The molecule has 10 nitrogen and oxygen atoms in total. The van der Waals surface area contributed by atoms with Crippen LogP contribution in [0.5, 0.6) is 0 Å². The van der Waals surface area contributed by atoms with Gasteiger partial charge in [0.05, 0.1) is 22.6 Å². The van der Waals surface area contributed by atoms with Crippen LogP contribution in [0.4, 0.5) is 5.69 Å². The molecule has 2 fully saturated rings. The summed E-state index contributed by atoms with van der Waals surface area (Å²) in [6, 6.07) is 12.7. The van der Waals surface area contributed by atoms with Gasteiger partial charge in [-0.3, -0.25) is 29.2 Å². The lowest BCUT2D eigenvalue weighted by molar-refractivity contribution is -0.152. The Hall–Kier alpha value is -4.05. The van der Waals surface area contributed by atoms with Crippen LogP contribution in [0.1, 0.15) is 57.6 Å². The number of hydrogen-bond donors (Lipinski definition) is 1. The van der Waals surface area contributed by atoms with Gasteiger partial charge >= 0.3 is 11.9 Å². The molecular formula is C28H28N4O6. The van der Waals surface area contributed by atoms with E-state index in [9.17, 15) is 19.2 Å². The van der Waals surface area contributed by atoms with Crippen molar-refractivity contribution in [2.75, 3.05) is 4.90 Å². The number of para-hydroxylation sites is 2. The molecule has 196 valence electrons. The van der Waals surface area contributed by atoms with Gasteiger partial charge in [-0.15, -0.1) is 0 Å². The Morgan fingerprint density at radius 2 is 1.84 bits per heavy atom. The van der Waals surface area contributed by atoms with Crippen molar-refractivity contribution in [2.24, 2.45) is 5.92 Å². The standard InChI is InChI=1S/C28H28N4O6/c1-14(2)22(37-16(4)33)23-30-19-11-7-5-9-17(19)25(35)31(23)21-13-28(38-26(21)36)18-10-6-8-12-20(18)32-24(34)15(3)29-27(28)32/h5-12,14-15,21-22,27,29H,13H2,1-4H3/t15?,21-,22-,27-,28+/m0/s1. The van der Waals surface area contributed by atoms with Crippen LogP contribution in [0, 0.1) is 5.92 Å². The first-order chi connectivity index (χ1) is 18.1. The van der Waals surface area contributed by atoms with Crippen molar-refractivity contribution >= 4 is 34.4 Å². The summed E-state index contributed by atoms with van der Waals surface area (Å²) in [6.07, 6.45) is -1.39. The van der Waals surface area contributed by atoms with Gasteiger partial charge in [-0.05, 0) is 31.0 Å². The number of amides is 1. The molecule has 1 aromatic heterocycles. The smallest absolute Gasteiger partial charge is 0.330 e. The molecule has 3 aromatic rings. The van der Waals surface area contributed by atoms with Crippen molar-refractivity contribution < 1.29 is 23.9 Å². The summed E-state index contributed by atoms with van der Waals surface area (Å²) >= 11 is 0. The SMILES string of the molecule is CC(=O)O[C@H](c1nc2ccccc2c(=O)n1[C@H]1C[C@@]2(OC1=O)c1ccccc1N1C(=O)C(C)N[C@@H]12)C(C)C. The van der Waals surface area contributed by atoms with Gasteiger partial charge in [0, 0.05) is 18.9 Å². The van der Waals surface area contributed by atoms with Crippen molar-refractivity contribution in [3.05, 3.63) is 70.3 Å². The van der Waals surface area contributed by atoms with Gasteiger partial charge < -0.3 is 9.47 Å². The number of aromatic nitrogens is 2. The lowest BCUT2D eigenvalue weighted by atomic mass is 9.88. The summed E-state index contributed by atoms with van der Waals surface area (Å²) in [7, 11) is 0. The number of benzene rings is 2. The molecule has 0 bridgehead atoms. The second kappa shape index (κ2) is 8.49. The molecule has 1 unspecified atom stereocenters. The summed E-state index contributed by atoms with van der Waals surface area (Å²) in [5, 5.41) is 3.63. The fourth-order valence-electron chi connectivity index (χ4n) is 6.03. The van der Waals surface area contributed by atoms with Crippen LogP contribution in [0.25, 0.3) is 10.9 Å². The topological polar surface area (TPSA) is 120 Å². The number of rotatable bonds is 4. The second-order valence-corrected chi connectivity index (χ2v) is 10.5. The highest BCUT2D eigenvalue weighted by Crippen LogP contribution is 2.55. The molecule has 1 N–H and O–H groups in total. The largest absolute Gasteiger partial charge is 0.454 e. The number of fused-ring (bicyclic) bond motifs is 6. The molecule has 5 atom stereocenters. The van der Waals surface area contributed by atoms with Gasteiger partial charge in [-0.1, -0.05) is 44.2 Å². The van der Waals surface area contributed by atoms with Crippen molar-refractivity contribution in [3.8, 4) is 0 Å². The number of carbonyl (C=O) groups excluding carboxylic acids is 3. The Morgan fingerprint density at radius 1 is 1.13 bits per heavy atom. The Bertz CT molecular complexity index is 1560. The molecule has 1 spiro atoms. The quantitative estimate of drug-likeness (QED) is 0.526. The Balaban J connectivity index is 1.55. The molecule has 4 heterocycles. The summed E-state index contributed by atoms with van der Waals surface area (Å²) in [6.45, 7) is 6.78. The van der Waals surface area contributed by atoms with E-state index in [2.05, 4.69) is 5.32 Å². The number of anilines is 1. The van der Waals surface area contributed by atoms with Crippen LogP contribution in [-0.2, 0) is 29.5 Å². The van der Waals surface area contributed by atoms with Crippen molar-refractivity contribution in [1.82, 2.24) is 14.9 Å². The van der Waals surface area contributed by atoms with E-state index in [0.29, 0.717) is 22.2 Å². The third kappa shape index (κ3) is 3.32. The van der Waals surface area contributed by atoms with E-state index in [4.69, 9.17) is 14.5 Å². The first-order valence-electron chi connectivity index (χ1n) is 12.7. The van der Waals surface area contributed by atoms with Crippen molar-refractivity contribution in [1.29, 1.82) is 0 Å². The van der Waals surface area contributed by atoms with Gasteiger partial charge in [0.2, 0.25) is 5.91 Å². The maximum absolute atomic E-state index is 14.0. The highest BCUT2D eigenvalue weighted by molar-refractivity contribution is 6.03. The minimum Gasteiger partial charge on any atom is -0.454 e. The zero-order chi connectivity index (χ0) is 26.9. The number of esters is 2. The van der Waals surface area contributed by atoms with Crippen molar-refractivity contribution in [3.63, 3.8) is 0 Å². The van der Waals surface area contributed by atoms with Crippen LogP contribution in [0.2, 0.25) is 0 Å². The summed E-state index contributed by atoms with van der Waals surface area (Å²) in [5.74, 6) is -1.29. The third-order valence-electron chi connectivity index (χ3n) is 7.69. The van der Waals surface area contributed by atoms with Gasteiger partial charge in [-0.25, -0.2) is 9.78 Å². The predicted octanol–water partition coefficient (Wildman–Crippen LogP) is 2.70. The second-order valence-electron chi connectivity index (χ2n) is 10.5. The fourth-order valence-corrected chi connectivity index (χ4v) is 6.03. The van der Waals surface area contributed by atoms with Crippen LogP contribution < -0.4 is 15.8 Å². The van der Waals surface area contributed by atoms with Gasteiger partial charge in [-0.2, -0.15) is 0 Å². The first kappa shape index (κ1) is 24.3. The lowest BCUT2D eigenvalue weighted by Crippen LogP contribution is -2.49. The van der Waals surface area contributed by atoms with E-state index in [1.807, 2.05) is 38.1 Å². The van der Waals surface area contributed by atoms with E-state index < -0.39 is 47.5 Å². The summed E-state index contributed by atoms with van der Waals surface area (Å²) in [4.78, 5) is 59.1.